The number of aromatic nitrogens is 1. The smallest absolute Gasteiger partial charge is 0.219 e. The second-order valence-corrected chi connectivity index (χ2v) is 4.26. The molecule has 1 aromatic heterocycles. The van der Waals surface area contributed by atoms with Crippen LogP contribution in [0.1, 0.15) is 26.7 Å². The van der Waals surface area contributed by atoms with Gasteiger partial charge in [0.05, 0.1) is 12.2 Å². The summed E-state index contributed by atoms with van der Waals surface area (Å²) in [7, 11) is 1.84. The van der Waals surface area contributed by atoms with E-state index in [0.29, 0.717) is 12.0 Å². The van der Waals surface area contributed by atoms with Crippen molar-refractivity contribution in [3.05, 3.63) is 12.1 Å². The number of hydrogen-bond acceptors (Lipinski definition) is 4. The molecule has 0 aromatic carbocycles. The predicted molar refractivity (Wildman–Crippen MR) is 63.2 cm³/mol. The van der Waals surface area contributed by atoms with E-state index in [9.17, 15) is 0 Å². The van der Waals surface area contributed by atoms with E-state index in [1.54, 1.807) is 0 Å². The van der Waals surface area contributed by atoms with Gasteiger partial charge < -0.3 is 14.8 Å². The van der Waals surface area contributed by atoms with Crippen molar-refractivity contribution in [2.75, 3.05) is 12.4 Å². The fraction of sp³-hybridized carbons (Fsp3) is 0.583. The van der Waals surface area contributed by atoms with E-state index >= 15 is 0 Å². The highest BCUT2D eigenvalue weighted by Gasteiger charge is 2.24. The zero-order valence-corrected chi connectivity index (χ0v) is 9.99. The standard InChI is InChI=1S/C12H18N2O2/c1-8(2)15-12-7-10(16-9-4-5-9)6-11(13-3)14-12/h6-9H,4-5H2,1-3H3,(H,13,14). The molecule has 1 aromatic rings. The first-order chi connectivity index (χ1) is 7.67. The van der Waals surface area contributed by atoms with Gasteiger partial charge in [0.1, 0.15) is 11.6 Å². The molecule has 0 radical (unpaired) electrons. The van der Waals surface area contributed by atoms with E-state index in [4.69, 9.17) is 9.47 Å². The van der Waals surface area contributed by atoms with E-state index in [2.05, 4.69) is 10.3 Å². The monoisotopic (exact) mass is 222 g/mol. The van der Waals surface area contributed by atoms with Gasteiger partial charge in [-0.3, -0.25) is 0 Å². The first-order valence-electron chi connectivity index (χ1n) is 5.70. The largest absolute Gasteiger partial charge is 0.490 e. The lowest BCUT2D eigenvalue weighted by Gasteiger charge is -2.12. The number of nitrogens with one attached hydrogen (secondary N) is 1. The Labute approximate surface area is 96.0 Å². The Morgan fingerprint density at radius 2 is 2.12 bits per heavy atom. The Morgan fingerprint density at radius 1 is 1.38 bits per heavy atom. The molecule has 0 atom stereocenters. The number of rotatable bonds is 5. The average molecular weight is 222 g/mol. The Morgan fingerprint density at radius 3 is 2.69 bits per heavy atom. The maximum absolute atomic E-state index is 5.73. The van der Waals surface area contributed by atoms with Gasteiger partial charge in [0, 0.05) is 19.2 Å². The molecule has 1 heterocycles. The van der Waals surface area contributed by atoms with Gasteiger partial charge in [-0.1, -0.05) is 0 Å². The summed E-state index contributed by atoms with van der Waals surface area (Å²) in [5.74, 6) is 2.21. The third-order valence-electron chi connectivity index (χ3n) is 2.22. The van der Waals surface area contributed by atoms with E-state index in [1.165, 1.54) is 0 Å². The second kappa shape index (κ2) is 4.60. The third kappa shape index (κ3) is 3.02. The lowest BCUT2D eigenvalue weighted by Crippen LogP contribution is -2.08. The molecular weight excluding hydrogens is 204 g/mol. The zero-order chi connectivity index (χ0) is 11.5. The zero-order valence-electron chi connectivity index (χ0n) is 9.99. The summed E-state index contributed by atoms with van der Waals surface area (Å²) in [4.78, 5) is 4.31. The Kier molecular flexibility index (Phi) is 3.17. The first kappa shape index (κ1) is 11.0. The van der Waals surface area contributed by atoms with Crippen LogP contribution in [0.15, 0.2) is 12.1 Å². The highest BCUT2D eigenvalue weighted by Crippen LogP contribution is 2.30. The molecule has 0 saturated heterocycles. The molecule has 1 aliphatic rings. The van der Waals surface area contributed by atoms with Crippen molar-refractivity contribution < 1.29 is 9.47 Å². The molecule has 2 rings (SSSR count). The van der Waals surface area contributed by atoms with Crippen LogP contribution in [0.2, 0.25) is 0 Å². The molecule has 1 saturated carbocycles. The molecule has 0 amide bonds. The molecule has 16 heavy (non-hydrogen) atoms. The van der Waals surface area contributed by atoms with E-state index in [-0.39, 0.29) is 6.10 Å². The summed E-state index contributed by atoms with van der Waals surface area (Å²) in [6.45, 7) is 3.96. The van der Waals surface area contributed by atoms with Crippen LogP contribution in [0.4, 0.5) is 5.82 Å². The van der Waals surface area contributed by atoms with Crippen molar-refractivity contribution in [2.45, 2.75) is 38.9 Å². The summed E-state index contributed by atoms with van der Waals surface area (Å²) in [6.07, 6.45) is 2.81. The van der Waals surface area contributed by atoms with Crippen LogP contribution in [-0.4, -0.2) is 24.2 Å². The van der Waals surface area contributed by atoms with Crippen molar-refractivity contribution in [3.63, 3.8) is 0 Å². The maximum atomic E-state index is 5.73. The lowest BCUT2D eigenvalue weighted by atomic mass is 10.4. The lowest BCUT2D eigenvalue weighted by molar-refractivity contribution is 0.230. The number of nitrogens with zero attached hydrogens (tertiary/aromatic N) is 1. The fourth-order valence-corrected chi connectivity index (χ4v) is 1.36. The highest BCUT2D eigenvalue weighted by molar-refractivity contribution is 5.44. The van der Waals surface area contributed by atoms with Crippen molar-refractivity contribution in [1.29, 1.82) is 0 Å². The minimum absolute atomic E-state index is 0.119. The van der Waals surface area contributed by atoms with Crippen molar-refractivity contribution in [3.8, 4) is 11.6 Å². The van der Waals surface area contributed by atoms with Crippen LogP contribution in [-0.2, 0) is 0 Å². The average Bonchev–Trinajstić information content (AvgIpc) is 3.00. The predicted octanol–water partition coefficient (Wildman–Crippen LogP) is 2.45. The molecule has 1 N–H and O–H groups in total. The quantitative estimate of drug-likeness (QED) is 0.831. The Hall–Kier alpha value is -1.45. The minimum atomic E-state index is 0.119. The Balaban J connectivity index is 2.15. The summed E-state index contributed by atoms with van der Waals surface area (Å²) in [5, 5.41) is 3.00. The fourth-order valence-electron chi connectivity index (χ4n) is 1.36. The summed E-state index contributed by atoms with van der Waals surface area (Å²) in [6, 6.07) is 3.74. The van der Waals surface area contributed by atoms with Crippen molar-refractivity contribution >= 4 is 5.82 Å². The van der Waals surface area contributed by atoms with Crippen LogP contribution >= 0.6 is 0 Å². The van der Waals surface area contributed by atoms with Crippen molar-refractivity contribution in [1.82, 2.24) is 4.98 Å². The van der Waals surface area contributed by atoms with Crippen LogP contribution in [0.3, 0.4) is 0 Å². The molecule has 1 fully saturated rings. The molecular formula is C12H18N2O2. The summed E-state index contributed by atoms with van der Waals surface area (Å²) >= 11 is 0. The van der Waals surface area contributed by atoms with Crippen molar-refractivity contribution in [2.24, 2.45) is 0 Å². The molecule has 4 nitrogen and oxygen atoms in total. The SMILES string of the molecule is CNc1cc(OC2CC2)cc(OC(C)C)n1. The molecule has 1 aliphatic carbocycles. The van der Waals surface area contributed by atoms with Crippen LogP contribution in [0, 0.1) is 0 Å². The Bertz CT molecular complexity index is 340. The number of ether oxygens (including phenoxy) is 2. The van der Waals surface area contributed by atoms with Gasteiger partial charge in [0.2, 0.25) is 5.88 Å². The topological polar surface area (TPSA) is 43.4 Å². The van der Waals surface area contributed by atoms with Gasteiger partial charge in [-0.25, -0.2) is 0 Å². The van der Waals surface area contributed by atoms with Gasteiger partial charge in [-0.15, -0.1) is 0 Å². The van der Waals surface area contributed by atoms with Gasteiger partial charge in [0.25, 0.3) is 0 Å². The maximum Gasteiger partial charge on any atom is 0.219 e. The van der Waals surface area contributed by atoms with Gasteiger partial charge in [-0.2, -0.15) is 4.98 Å². The molecule has 88 valence electrons. The third-order valence-corrected chi connectivity index (χ3v) is 2.22. The van der Waals surface area contributed by atoms with Gasteiger partial charge in [0.15, 0.2) is 0 Å². The summed E-state index contributed by atoms with van der Waals surface area (Å²) in [5.41, 5.74) is 0. The van der Waals surface area contributed by atoms with Gasteiger partial charge >= 0.3 is 0 Å². The number of anilines is 1. The minimum Gasteiger partial charge on any atom is -0.490 e. The van der Waals surface area contributed by atoms with Crippen LogP contribution < -0.4 is 14.8 Å². The second-order valence-electron chi connectivity index (χ2n) is 4.26. The van der Waals surface area contributed by atoms with Gasteiger partial charge in [-0.05, 0) is 26.7 Å². The number of pyridine rings is 1. The normalized spacial score (nSPS) is 15.0. The van der Waals surface area contributed by atoms with Crippen LogP contribution in [0.5, 0.6) is 11.6 Å². The van der Waals surface area contributed by atoms with E-state index in [1.807, 2.05) is 33.0 Å². The van der Waals surface area contributed by atoms with E-state index < -0.39 is 0 Å². The highest BCUT2D eigenvalue weighted by atomic mass is 16.5. The molecule has 0 bridgehead atoms. The molecule has 0 unspecified atom stereocenters. The number of hydrogen-bond donors (Lipinski definition) is 1. The van der Waals surface area contributed by atoms with Crippen LogP contribution in [0.25, 0.3) is 0 Å². The molecule has 0 spiro atoms. The first-order valence-corrected chi connectivity index (χ1v) is 5.70. The summed E-state index contributed by atoms with van der Waals surface area (Å²) < 4.78 is 11.3. The van der Waals surface area contributed by atoms with E-state index in [0.717, 1.165) is 24.4 Å². The molecule has 4 heteroatoms. The molecule has 0 aliphatic heterocycles.